The maximum atomic E-state index is 13.3. The van der Waals surface area contributed by atoms with E-state index in [-0.39, 0.29) is 31.0 Å². The summed E-state index contributed by atoms with van der Waals surface area (Å²) in [6.07, 6.45) is 0. The second-order valence-corrected chi connectivity index (χ2v) is 10.1. The maximum absolute atomic E-state index is 13.3. The van der Waals surface area contributed by atoms with Crippen LogP contribution < -0.4 is 9.64 Å². The molecule has 0 radical (unpaired) electrons. The first-order valence-corrected chi connectivity index (χ1v) is 13.3. The number of aryl methyl sites for hydroxylation is 1. The number of hydrogen-bond acceptors (Lipinski definition) is 5. The van der Waals surface area contributed by atoms with Crippen molar-refractivity contribution in [1.29, 1.82) is 0 Å². The van der Waals surface area contributed by atoms with Crippen LogP contribution in [-0.4, -0.2) is 54.4 Å². The van der Waals surface area contributed by atoms with Gasteiger partial charge in [-0.25, -0.2) is 0 Å². The molecule has 1 saturated heterocycles. The second-order valence-electron chi connectivity index (χ2n) is 10.1. The number of piperazine rings is 1. The maximum Gasteiger partial charge on any atom is 0.289 e. The van der Waals surface area contributed by atoms with E-state index in [2.05, 4.69) is 53.4 Å². The molecule has 1 aromatic heterocycles. The van der Waals surface area contributed by atoms with E-state index in [1.54, 1.807) is 17.0 Å². The molecular formula is C32H31N3O4. The van der Waals surface area contributed by atoms with E-state index in [1.807, 2.05) is 42.2 Å². The Kier molecular flexibility index (Phi) is 6.90. The molecule has 3 heterocycles. The van der Waals surface area contributed by atoms with Crippen LogP contribution in [0, 0.1) is 6.92 Å². The van der Waals surface area contributed by atoms with Gasteiger partial charge in [-0.1, -0.05) is 66.7 Å². The van der Waals surface area contributed by atoms with Crippen molar-refractivity contribution < 1.29 is 18.7 Å². The van der Waals surface area contributed by atoms with Crippen LogP contribution >= 0.6 is 0 Å². The van der Waals surface area contributed by atoms with Crippen LogP contribution in [0.15, 0.2) is 95.4 Å². The molecule has 6 rings (SSSR count). The molecule has 0 N–H and O–H groups in total. The highest BCUT2D eigenvalue weighted by molar-refractivity contribution is 5.98. The molecule has 2 aliphatic heterocycles. The van der Waals surface area contributed by atoms with Crippen LogP contribution in [-0.2, 0) is 11.3 Å². The Balaban J connectivity index is 1.13. The predicted molar refractivity (Wildman–Crippen MR) is 149 cm³/mol. The van der Waals surface area contributed by atoms with Crippen molar-refractivity contribution in [2.24, 2.45) is 0 Å². The topological polar surface area (TPSA) is 66.2 Å². The Morgan fingerprint density at radius 3 is 2.18 bits per heavy atom. The van der Waals surface area contributed by atoms with Crippen molar-refractivity contribution in [2.75, 3.05) is 37.7 Å². The number of carbonyl (C=O) groups is 2. The van der Waals surface area contributed by atoms with Gasteiger partial charge in [0, 0.05) is 26.2 Å². The molecule has 0 saturated carbocycles. The summed E-state index contributed by atoms with van der Waals surface area (Å²) < 4.78 is 11.5. The third kappa shape index (κ3) is 5.18. The van der Waals surface area contributed by atoms with Gasteiger partial charge in [0.2, 0.25) is 0 Å². The van der Waals surface area contributed by atoms with Crippen molar-refractivity contribution in [3.63, 3.8) is 0 Å². The van der Waals surface area contributed by atoms with Gasteiger partial charge in [0.05, 0.1) is 18.3 Å². The molecule has 2 amide bonds. The summed E-state index contributed by atoms with van der Waals surface area (Å²) in [5, 5.41) is 0. The first-order valence-electron chi connectivity index (χ1n) is 13.3. The van der Waals surface area contributed by atoms with Crippen molar-refractivity contribution in [3.05, 3.63) is 119 Å². The number of fused-ring (bicyclic) bond motifs is 1. The van der Waals surface area contributed by atoms with Crippen LogP contribution in [0.1, 0.15) is 39.0 Å². The highest BCUT2D eigenvalue weighted by atomic mass is 16.5. The van der Waals surface area contributed by atoms with Gasteiger partial charge >= 0.3 is 0 Å². The lowest BCUT2D eigenvalue weighted by atomic mass is 9.96. The normalized spacial score (nSPS) is 15.8. The molecule has 0 spiro atoms. The Hall–Kier alpha value is -4.36. The van der Waals surface area contributed by atoms with Gasteiger partial charge in [0.15, 0.2) is 12.4 Å². The summed E-state index contributed by atoms with van der Waals surface area (Å²) in [6, 6.07) is 30.4. The fraction of sp³-hybridized carbons (Fsp3) is 0.250. The molecule has 1 fully saturated rings. The summed E-state index contributed by atoms with van der Waals surface area (Å²) >= 11 is 0. The Bertz CT molecular complexity index is 1420. The minimum Gasteiger partial charge on any atom is -0.482 e. The van der Waals surface area contributed by atoms with Crippen molar-refractivity contribution in [1.82, 2.24) is 9.80 Å². The largest absolute Gasteiger partial charge is 0.482 e. The zero-order valence-electron chi connectivity index (χ0n) is 22.0. The average molecular weight is 522 g/mol. The van der Waals surface area contributed by atoms with Crippen LogP contribution in [0.25, 0.3) is 0 Å². The minimum atomic E-state index is -0.139. The number of carbonyl (C=O) groups excluding carboxylic acids is 2. The number of benzene rings is 3. The Labute approximate surface area is 228 Å². The highest BCUT2D eigenvalue weighted by Crippen LogP contribution is 2.34. The third-order valence-corrected chi connectivity index (χ3v) is 7.44. The molecule has 7 heteroatoms. The number of nitrogens with zero attached hydrogens (tertiary/aromatic N) is 3. The predicted octanol–water partition coefficient (Wildman–Crippen LogP) is 5.06. The molecular weight excluding hydrogens is 490 g/mol. The lowest BCUT2D eigenvalue weighted by molar-refractivity contribution is -0.121. The number of hydrogen-bond donors (Lipinski definition) is 0. The van der Waals surface area contributed by atoms with Crippen molar-refractivity contribution in [3.8, 4) is 5.75 Å². The highest BCUT2D eigenvalue weighted by Gasteiger charge is 2.31. The SMILES string of the molecule is Cc1ccc2c(c1)N(Cc1ccc(C(=O)N3CCN(C(c4ccccc4)c4ccccc4)CC3)o1)C(=O)CO2. The van der Waals surface area contributed by atoms with E-state index in [4.69, 9.17) is 9.15 Å². The zero-order chi connectivity index (χ0) is 26.8. The van der Waals surface area contributed by atoms with Gasteiger partial charge in [0.25, 0.3) is 11.8 Å². The molecule has 0 atom stereocenters. The molecule has 0 bridgehead atoms. The first kappa shape index (κ1) is 24.9. The molecule has 7 nitrogen and oxygen atoms in total. The van der Waals surface area contributed by atoms with E-state index in [9.17, 15) is 9.59 Å². The Morgan fingerprint density at radius 1 is 0.846 bits per heavy atom. The van der Waals surface area contributed by atoms with Crippen LogP contribution in [0.2, 0.25) is 0 Å². The first-order chi connectivity index (χ1) is 19.1. The minimum absolute atomic E-state index is 0.0141. The number of furan rings is 1. The smallest absolute Gasteiger partial charge is 0.289 e. The van der Waals surface area contributed by atoms with Gasteiger partial charge in [-0.3, -0.25) is 19.4 Å². The average Bonchev–Trinajstić information content (AvgIpc) is 3.45. The number of ether oxygens (including phenoxy) is 1. The van der Waals surface area contributed by atoms with Gasteiger partial charge in [0.1, 0.15) is 11.5 Å². The number of amides is 2. The zero-order valence-corrected chi connectivity index (χ0v) is 22.0. The monoisotopic (exact) mass is 521 g/mol. The molecule has 39 heavy (non-hydrogen) atoms. The van der Waals surface area contributed by atoms with Crippen LogP contribution in [0.3, 0.4) is 0 Å². The molecule has 2 aliphatic rings. The van der Waals surface area contributed by atoms with E-state index >= 15 is 0 Å². The van der Waals surface area contributed by atoms with Gasteiger partial charge < -0.3 is 14.1 Å². The fourth-order valence-electron chi connectivity index (χ4n) is 5.44. The summed E-state index contributed by atoms with van der Waals surface area (Å²) in [7, 11) is 0. The molecule has 0 unspecified atom stereocenters. The molecule has 198 valence electrons. The van der Waals surface area contributed by atoms with Gasteiger partial charge in [-0.05, 0) is 47.9 Å². The van der Waals surface area contributed by atoms with E-state index < -0.39 is 0 Å². The summed E-state index contributed by atoms with van der Waals surface area (Å²) in [4.78, 5) is 31.9. The number of anilines is 1. The lowest BCUT2D eigenvalue weighted by Gasteiger charge is -2.39. The third-order valence-electron chi connectivity index (χ3n) is 7.44. The standard InChI is InChI=1S/C32H31N3O4/c1-23-12-14-28-27(20-23)35(30(36)22-38-28)21-26-13-15-29(39-26)32(37)34-18-16-33(17-19-34)31(24-8-4-2-5-9-24)25-10-6-3-7-11-25/h2-15,20,31H,16-19,21-22H2,1H3. The number of rotatable bonds is 6. The fourth-order valence-corrected chi connectivity index (χ4v) is 5.44. The second kappa shape index (κ2) is 10.8. The van der Waals surface area contributed by atoms with E-state index in [1.165, 1.54) is 11.1 Å². The molecule has 3 aromatic carbocycles. The summed E-state index contributed by atoms with van der Waals surface area (Å²) in [6.45, 7) is 4.94. The Morgan fingerprint density at radius 2 is 1.51 bits per heavy atom. The van der Waals surface area contributed by atoms with Crippen LogP contribution in [0.5, 0.6) is 5.75 Å². The summed E-state index contributed by atoms with van der Waals surface area (Å²) in [5.41, 5.74) is 4.24. The van der Waals surface area contributed by atoms with Crippen LogP contribution in [0.4, 0.5) is 5.69 Å². The molecule has 0 aliphatic carbocycles. The van der Waals surface area contributed by atoms with E-state index in [0.717, 1.165) is 24.3 Å². The van der Waals surface area contributed by atoms with Gasteiger partial charge in [-0.2, -0.15) is 0 Å². The summed E-state index contributed by atoms with van der Waals surface area (Å²) in [5.74, 6) is 1.27. The quantitative estimate of drug-likeness (QED) is 0.355. The van der Waals surface area contributed by atoms with Gasteiger partial charge in [-0.15, -0.1) is 0 Å². The van der Waals surface area contributed by atoms with E-state index in [0.29, 0.717) is 30.4 Å². The lowest BCUT2D eigenvalue weighted by Crippen LogP contribution is -2.49. The van der Waals surface area contributed by atoms with Crippen molar-refractivity contribution in [2.45, 2.75) is 19.5 Å². The molecule has 4 aromatic rings. The van der Waals surface area contributed by atoms with Crippen molar-refractivity contribution >= 4 is 17.5 Å².